The summed E-state index contributed by atoms with van der Waals surface area (Å²) in [6, 6.07) is 2.24. The predicted octanol–water partition coefficient (Wildman–Crippen LogP) is 2.66. The summed E-state index contributed by atoms with van der Waals surface area (Å²) in [5.41, 5.74) is 0. The first-order chi connectivity index (χ1) is 5.74. The summed E-state index contributed by atoms with van der Waals surface area (Å²) < 4.78 is 6.19. The molecule has 0 aliphatic carbocycles. The van der Waals surface area contributed by atoms with Crippen LogP contribution in [0.1, 0.15) is 12.7 Å². The Morgan fingerprint density at radius 2 is 2.42 bits per heavy atom. The number of likely N-dealkylation sites (N-methyl/N-ethyl adjacent to an activating group) is 1. The Balaban J connectivity index is 2.63. The SMILES string of the molecule is CNC(C)/C=C/c1occc1Br. The lowest BCUT2D eigenvalue weighted by atomic mass is 10.3. The molecule has 1 N–H and O–H groups in total. The van der Waals surface area contributed by atoms with Crippen molar-refractivity contribution in [2.24, 2.45) is 0 Å². The molecule has 0 bridgehead atoms. The molecule has 66 valence electrons. The maximum atomic E-state index is 5.20. The Morgan fingerprint density at radius 3 is 2.92 bits per heavy atom. The molecule has 0 aliphatic rings. The van der Waals surface area contributed by atoms with Crippen molar-refractivity contribution in [2.75, 3.05) is 7.05 Å². The smallest absolute Gasteiger partial charge is 0.140 e. The van der Waals surface area contributed by atoms with Gasteiger partial charge in [-0.1, -0.05) is 6.08 Å². The van der Waals surface area contributed by atoms with E-state index in [4.69, 9.17) is 4.42 Å². The van der Waals surface area contributed by atoms with Gasteiger partial charge in [-0.3, -0.25) is 0 Å². The van der Waals surface area contributed by atoms with E-state index < -0.39 is 0 Å². The van der Waals surface area contributed by atoms with Crippen molar-refractivity contribution < 1.29 is 4.42 Å². The average Bonchev–Trinajstić information content (AvgIpc) is 2.47. The molecule has 1 aromatic rings. The van der Waals surface area contributed by atoms with Crippen LogP contribution in [0.5, 0.6) is 0 Å². The fourth-order valence-corrected chi connectivity index (χ4v) is 1.09. The van der Waals surface area contributed by atoms with Crippen molar-refractivity contribution >= 4 is 22.0 Å². The minimum Gasteiger partial charge on any atom is -0.464 e. The van der Waals surface area contributed by atoms with Gasteiger partial charge >= 0.3 is 0 Å². The van der Waals surface area contributed by atoms with Crippen LogP contribution in [-0.2, 0) is 0 Å². The molecule has 0 saturated carbocycles. The van der Waals surface area contributed by atoms with E-state index in [0.717, 1.165) is 10.2 Å². The van der Waals surface area contributed by atoms with Crippen LogP contribution in [0.2, 0.25) is 0 Å². The molecule has 3 heteroatoms. The zero-order valence-corrected chi connectivity index (χ0v) is 8.76. The van der Waals surface area contributed by atoms with Crippen LogP contribution < -0.4 is 5.32 Å². The summed E-state index contributed by atoms with van der Waals surface area (Å²) in [5, 5.41) is 3.10. The van der Waals surface area contributed by atoms with Gasteiger partial charge in [0.15, 0.2) is 0 Å². The topological polar surface area (TPSA) is 25.2 Å². The van der Waals surface area contributed by atoms with Gasteiger partial charge in [-0.25, -0.2) is 0 Å². The first kappa shape index (κ1) is 9.55. The summed E-state index contributed by atoms with van der Waals surface area (Å²) in [6.45, 7) is 2.08. The van der Waals surface area contributed by atoms with Gasteiger partial charge in [0.1, 0.15) is 5.76 Å². The van der Waals surface area contributed by atoms with Gasteiger partial charge < -0.3 is 9.73 Å². The third-order valence-electron chi connectivity index (χ3n) is 1.64. The second-order valence-electron chi connectivity index (χ2n) is 2.57. The lowest BCUT2D eigenvalue weighted by Gasteiger charge is -2.00. The molecule has 12 heavy (non-hydrogen) atoms. The number of nitrogens with one attached hydrogen (secondary N) is 1. The molecule has 0 saturated heterocycles. The largest absolute Gasteiger partial charge is 0.464 e. The normalized spacial score (nSPS) is 13.9. The van der Waals surface area contributed by atoms with Crippen LogP contribution in [-0.4, -0.2) is 13.1 Å². The summed E-state index contributed by atoms with van der Waals surface area (Å²) in [5.74, 6) is 0.858. The quantitative estimate of drug-likeness (QED) is 0.863. The van der Waals surface area contributed by atoms with Crippen molar-refractivity contribution in [3.63, 3.8) is 0 Å². The van der Waals surface area contributed by atoms with E-state index in [9.17, 15) is 0 Å². The van der Waals surface area contributed by atoms with Gasteiger partial charge in [0.05, 0.1) is 10.7 Å². The average molecular weight is 230 g/mol. The molecule has 1 atom stereocenters. The third-order valence-corrected chi connectivity index (χ3v) is 2.29. The molecule has 0 aliphatic heterocycles. The highest BCUT2D eigenvalue weighted by atomic mass is 79.9. The van der Waals surface area contributed by atoms with Crippen LogP contribution >= 0.6 is 15.9 Å². The Kier molecular flexibility index (Phi) is 3.56. The summed E-state index contributed by atoms with van der Waals surface area (Å²) in [6.07, 6.45) is 5.66. The summed E-state index contributed by atoms with van der Waals surface area (Å²) >= 11 is 3.37. The molecule has 0 aromatic carbocycles. The Hall–Kier alpha value is -0.540. The molecule has 0 radical (unpaired) electrons. The summed E-state index contributed by atoms with van der Waals surface area (Å²) in [4.78, 5) is 0. The van der Waals surface area contributed by atoms with Crippen molar-refractivity contribution in [2.45, 2.75) is 13.0 Å². The number of hydrogen-bond acceptors (Lipinski definition) is 2. The van der Waals surface area contributed by atoms with E-state index in [1.807, 2.05) is 25.3 Å². The van der Waals surface area contributed by atoms with Gasteiger partial charge in [0.2, 0.25) is 0 Å². The van der Waals surface area contributed by atoms with E-state index in [0.29, 0.717) is 6.04 Å². The predicted molar refractivity (Wildman–Crippen MR) is 54.0 cm³/mol. The molecular formula is C9H12BrNO. The minimum absolute atomic E-state index is 0.363. The van der Waals surface area contributed by atoms with Gasteiger partial charge in [0.25, 0.3) is 0 Å². The standard InChI is InChI=1S/C9H12BrNO/c1-7(11-2)3-4-9-8(10)5-6-12-9/h3-7,11H,1-2H3/b4-3+. The number of hydrogen-bond donors (Lipinski definition) is 1. The maximum absolute atomic E-state index is 5.20. The van der Waals surface area contributed by atoms with E-state index in [2.05, 4.69) is 28.2 Å². The fourth-order valence-electron chi connectivity index (χ4n) is 0.752. The summed E-state index contributed by atoms with van der Waals surface area (Å²) in [7, 11) is 1.92. The number of rotatable bonds is 3. The second kappa shape index (κ2) is 4.48. The first-order valence-corrected chi connectivity index (χ1v) is 4.62. The zero-order chi connectivity index (χ0) is 8.97. The van der Waals surface area contributed by atoms with Crippen LogP contribution in [0.15, 0.2) is 27.3 Å². The second-order valence-corrected chi connectivity index (χ2v) is 3.42. The third kappa shape index (κ3) is 2.50. The lowest BCUT2D eigenvalue weighted by Crippen LogP contribution is -2.17. The highest BCUT2D eigenvalue weighted by Crippen LogP contribution is 2.18. The zero-order valence-electron chi connectivity index (χ0n) is 7.17. The maximum Gasteiger partial charge on any atom is 0.140 e. The first-order valence-electron chi connectivity index (χ1n) is 3.82. The Bertz CT molecular complexity index is 267. The highest BCUT2D eigenvalue weighted by Gasteiger charge is 1.98. The van der Waals surface area contributed by atoms with Gasteiger partial charge in [-0.05, 0) is 42.0 Å². The van der Waals surface area contributed by atoms with Crippen LogP contribution in [0.4, 0.5) is 0 Å². The highest BCUT2D eigenvalue weighted by molar-refractivity contribution is 9.10. The molecule has 0 spiro atoms. The molecular weight excluding hydrogens is 218 g/mol. The van der Waals surface area contributed by atoms with Gasteiger partial charge in [-0.15, -0.1) is 0 Å². The van der Waals surface area contributed by atoms with Crippen molar-refractivity contribution in [3.8, 4) is 0 Å². The van der Waals surface area contributed by atoms with Crippen LogP contribution in [0.3, 0.4) is 0 Å². The van der Waals surface area contributed by atoms with Crippen molar-refractivity contribution in [1.82, 2.24) is 5.32 Å². The number of halogens is 1. The Labute approximate surface area is 80.8 Å². The molecule has 0 amide bonds. The van der Waals surface area contributed by atoms with Crippen LogP contribution in [0, 0.1) is 0 Å². The van der Waals surface area contributed by atoms with Crippen LogP contribution in [0.25, 0.3) is 6.08 Å². The van der Waals surface area contributed by atoms with E-state index >= 15 is 0 Å². The van der Waals surface area contributed by atoms with E-state index in [1.165, 1.54) is 0 Å². The molecule has 2 nitrogen and oxygen atoms in total. The Morgan fingerprint density at radius 1 is 1.67 bits per heavy atom. The van der Waals surface area contributed by atoms with Crippen molar-refractivity contribution in [1.29, 1.82) is 0 Å². The fraction of sp³-hybridized carbons (Fsp3) is 0.333. The molecule has 1 heterocycles. The monoisotopic (exact) mass is 229 g/mol. The number of furan rings is 1. The molecule has 1 aromatic heterocycles. The molecule has 1 rings (SSSR count). The minimum atomic E-state index is 0.363. The molecule has 1 unspecified atom stereocenters. The van der Waals surface area contributed by atoms with E-state index in [-0.39, 0.29) is 0 Å². The molecule has 0 fully saturated rings. The van der Waals surface area contributed by atoms with E-state index in [1.54, 1.807) is 6.26 Å². The van der Waals surface area contributed by atoms with Gasteiger partial charge in [-0.2, -0.15) is 0 Å². The lowest BCUT2D eigenvalue weighted by molar-refractivity contribution is 0.555. The van der Waals surface area contributed by atoms with Crippen molar-refractivity contribution in [3.05, 3.63) is 28.6 Å². The van der Waals surface area contributed by atoms with Gasteiger partial charge in [0, 0.05) is 6.04 Å².